The van der Waals surface area contributed by atoms with E-state index in [0.717, 1.165) is 31.4 Å². The van der Waals surface area contributed by atoms with Gasteiger partial charge in [-0.25, -0.2) is 0 Å². The first-order valence-corrected chi connectivity index (χ1v) is 9.90. The second-order valence-corrected chi connectivity index (χ2v) is 9.10. The summed E-state index contributed by atoms with van der Waals surface area (Å²) in [5.41, 5.74) is 1.87. The summed E-state index contributed by atoms with van der Waals surface area (Å²) in [5, 5.41) is 21.6. The number of methoxy groups -OCH3 is 1. The molecule has 2 saturated carbocycles. The van der Waals surface area contributed by atoms with Crippen LogP contribution in [0.4, 0.5) is 0 Å². The summed E-state index contributed by atoms with van der Waals surface area (Å²) in [4.78, 5) is 0. The van der Waals surface area contributed by atoms with Gasteiger partial charge in [0.1, 0.15) is 5.75 Å². The van der Waals surface area contributed by atoms with E-state index in [1.54, 1.807) is 14.0 Å². The van der Waals surface area contributed by atoms with Gasteiger partial charge in [-0.1, -0.05) is 19.9 Å². The first-order chi connectivity index (χ1) is 11.8. The van der Waals surface area contributed by atoms with Crippen LogP contribution >= 0.6 is 0 Å². The Morgan fingerprint density at radius 3 is 2.64 bits per heavy atom. The molecule has 0 aromatic heterocycles. The zero-order valence-corrected chi connectivity index (χ0v) is 16.0. The normalized spacial score (nSPS) is 43.8. The van der Waals surface area contributed by atoms with Crippen LogP contribution in [0.1, 0.15) is 75.8 Å². The van der Waals surface area contributed by atoms with E-state index >= 15 is 0 Å². The largest absolute Gasteiger partial charge is 0.497 e. The molecule has 1 aromatic carbocycles. The van der Waals surface area contributed by atoms with Gasteiger partial charge in [0.25, 0.3) is 0 Å². The third kappa shape index (κ3) is 2.24. The Bertz CT molecular complexity index is 669. The number of rotatable bonds is 2. The molecule has 0 unspecified atom stereocenters. The fourth-order valence-electron chi connectivity index (χ4n) is 6.72. The molecule has 3 aliphatic carbocycles. The van der Waals surface area contributed by atoms with Gasteiger partial charge in [0, 0.05) is 5.41 Å². The lowest BCUT2D eigenvalue weighted by Gasteiger charge is -2.54. The highest BCUT2D eigenvalue weighted by molar-refractivity contribution is 5.43. The Labute approximate surface area is 151 Å². The van der Waals surface area contributed by atoms with Crippen molar-refractivity contribution in [3.8, 4) is 5.75 Å². The predicted molar refractivity (Wildman–Crippen MR) is 99.0 cm³/mol. The van der Waals surface area contributed by atoms with Crippen molar-refractivity contribution in [2.75, 3.05) is 7.11 Å². The molecule has 4 rings (SSSR count). The number of benzene rings is 1. The maximum absolute atomic E-state index is 11.3. The fourth-order valence-corrected chi connectivity index (χ4v) is 6.72. The van der Waals surface area contributed by atoms with Gasteiger partial charge in [0.05, 0.1) is 18.8 Å². The van der Waals surface area contributed by atoms with E-state index in [1.807, 2.05) is 0 Å². The number of fused-ring (bicyclic) bond motifs is 5. The van der Waals surface area contributed by atoms with E-state index in [-0.39, 0.29) is 5.41 Å². The van der Waals surface area contributed by atoms with Crippen LogP contribution in [0.3, 0.4) is 0 Å². The number of ether oxygens (including phenoxy) is 1. The summed E-state index contributed by atoms with van der Waals surface area (Å²) in [7, 11) is 1.74. The quantitative estimate of drug-likeness (QED) is 0.844. The van der Waals surface area contributed by atoms with E-state index in [4.69, 9.17) is 4.74 Å². The maximum atomic E-state index is 11.3. The molecule has 0 aliphatic heterocycles. The lowest BCUT2D eigenvalue weighted by atomic mass is 9.51. The molecule has 2 N–H and O–H groups in total. The van der Waals surface area contributed by atoms with Crippen molar-refractivity contribution in [1.29, 1.82) is 0 Å². The zero-order chi connectivity index (χ0) is 18.0. The molecule has 3 aliphatic rings. The van der Waals surface area contributed by atoms with Gasteiger partial charge < -0.3 is 14.9 Å². The number of hydrogen-bond acceptors (Lipinski definition) is 3. The Balaban J connectivity index is 1.72. The second kappa shape index (κ2) is 5.72. The number of hydrogen-bond donors (Lipinski definition) is 2. The van der Waals surface area contributed by atoms with Crippen molar-refractivity contribution < 1.29 is 14.9 Å². The topological polar surface area (TPSA) is 49.7 Å². The first-order valence-electron chi connectivity index (χ1n) is 9.90. The Hall–Kier alpha value is -1.06. The molecule has 138 valence electrons. The molecule has 0 amide bonds. The minimum absolute atomic E-state index is 0.161. The van der Waals surface area contributed by atoms with Crippen molar-refractivity contribution >= 4 is 0 Å². The van der Waals surface area contributed by atoms with Gasteiger partial charge in [-0.15, -0.1) is 0 Å². The van der Waals surface area contributed by atoms with Crippen LogP contribution in [-0.2, 0) is 0 Å². The third-order valence-electron chi connectivity index (χ3n) is 8.19. The molecule has 0 heterocycles. The Morgan fingerprint density at radius 1 is 1.20 bits per heavy atom. The van der Waals surface area contributed by atoms with Crippen LogP contribution < -0.4 is 4.74 Å². The SMILES string of the molecule is COc1ccc2c(c1)[C@@H](C)C[C@@H]1[C@@H]2CC[C@@]2(C)[C@H]1CC[C@]2(O)[C@H](C)O. The summed E-state index contributed by atoms with van der Waals surface area (Å²) in [6.45, 7) is 6.34. The van der Waals surface area contributed by atoms with Gasteiger partial charge >= 0.3 is 0 Å². The zero-order valence-electron chi connectivity index (χ0n) is 16.0. The van der Waals surface area contributed by atoms with Crippen molar-refractivity contribution in [1.82, 2.24) is 0 Å². The van der Waals surface area contributed by atoms with Crippen molar-refractivity contribution in [3.63, 3.8) is 0 Å². The molecule has 3 heteroatoms. The molecular weight excluding hydrogens is 312 g/mol. The summed E-state index contributed by atoms with van der Waals surface area (Å²) < 4.78 is 5.44. The minimum Gasteiger partial charge on any atom is -0.497 e. The molecule has 0 bridgehead atoms. The van der Waals surface area contributed by atoms with Gasteiger partial charge in [0.2, 0.25) is 0 Å². The van der Waals surface area contributed by atoms with Crippen molar-refractivity contribution in [2.45, 2.75) is 76.4 Å². The van der Waals surface area contributed by atoms with Gasteiger partial charge in [-0.05, 0) is 86.0 Å². The number of aliphatic hydroxyl groups is 2. The Morgan fingerprint density at radius 2 is 1.96 bits per heavy atom. The van der Waals surface area contributed by atoms with Crippen LogP contribution in [0, 0.1) is 17.3 Å². The van der Waals surface area contributed by atoms with Gasteiger partial charge in [-0.3, -0.25) is 0 Å². The highest BCUT2D eigenvalue weighted by Gasteiger charge is 2.63. The Kier molecular flexibility index (Phi) is 3.97. The standard InChI is InChI=1S/C22H32O3/c1-13-11-19-17(16-6-5-15(25-4)12-18(13)16)7-9-21(3)20(19)8-10-22(21,24)14(2)23/h5-6,12-14,17,19-20,23-24H,7-11H2,1-4H3/t13-,14-,17+,19+,20-,21-,22-/m0/s1. The van der Waals surface area contributed by atoms with Crippen molar-refractivity contribution in [3.05, 3.63) is 29.3 Å². The van der Waals surface area contributed by atoms with Crippen LogP contribution in [0.2, 0.25) is 0 Å². The molecule has 0 spiro atoms. The molecule has 2 fully saturated rings. The van der Waals surface area contributed by atoms with Gasteiger partial charge in [-0.2, -0.15) is 0 Å². The fraction of sp³-hybridized carbons (Fsp3) is 0.727. The van der Waals surface area contributed by atoms with Crippen LogP contribution in [0.25, 0.3) is 0 Å². The van der Waals surface area contributed by atoms with E-state index in [2.05, 4.69) is 32.0 Å². The smallest absolute Gasteiger partial charge is 0.119 e. The second-order valence-electron chi connectivity index (χ2n) is 9.10. The van der Waals surface area contributed by atoms with E-state index in [1.165, 1.54) is 17.5 Å². The predicted octanol–water partition coefficient (Wildman–Crippen LogP) is 4.22. The summed E-state index contributed by atoms with van der Waals surface area (Å²) in [6.07, 6.45) is 4.41. The van der Waals surface area contributed by atoms with Crippen molar-refractivity contribution in [2.24, 2.45) is 17.3 Å². The minimum atomic E-state index is -0.925. The van der Waals surface area contributed by atoms with Crippen LogP contribution in [0.5, 0.6) is 5.75 Å². The third-order valence-corrected chi connectivity index (χ3v) is 8.19. The molecule has 3 nitrogen and oxygen atoms in total. The lowest BCUT2D eigenvalue weighted by molar-refractivity contribution is -0.159. The highest BCUT2D eigenvalue weighted by Crippen LogP contribution is 2.66. The molecule has 0 radical (unpaired) electrons. The lowest BCUT2D eigenvalue weighted by Crippen LogP contribution is -2.56. The van der Waals surface area contributed by atoms with Crippen LogP contribution in [-0.4, -0.2) is 29.0 Å². The van der Waals surface area contributed by atoms with Gasteiger partial charge in [0.15, 0.2) is 0 Å². The molecule has 25 heavy (non-hydrogen) atoms. The van der Waals surface area contributed by atoms with E-state index < -0.39 is 11.7 Å². The summed E-state index contributed by atoms with van der Waals surface area (Å²) in [6, 6.07) is 6.60. The molecule has 1 aromatic rings. The maximum Gasteiger partial charge on any atom is 0.119 e. The first kappa shape index (κ1) is 17.4. The van der Waals surface area contributed by atoms with E-state index in [0.29, 0.717) is 23.7 Å². The summed E-state index contributed by atoms with van der Waals surface area (Å²) in [5.74, 6) is 3.18. The number of aliphatic hydroxyl groups excluding tert-OH is 1. The van der Waals surface area contributed by atoms with Crippen LogP contribution in [0.15, 0.2) is 18.2 Å². The average molecular weight is 344 g/mol. The average Bonchev–Trinajstić information content (AvgIpc) is 2.88. The summed E-state index contributed by atoms with van der Waals surface area (Å²) >= 11 is 0. The molecular formula is C22H32O3. The monoisotopic (exact) mass is 344 g/mol. The van der Waals surface area contributed by atoms with E-state index in [9.17, 15) is 10.2 Å². The molecule has 0 saturated heterocycles. The molecule has 7 atom stereocenters. The highest BCUT2D eigenvalue weighted by atomic mass is 16.5.